The molecule has 0 atom stereocenters. The Bertz CT molecular complexity index is 799. The Morgan fingerprint density at radius 1 is 0.958 bits per heavy atom. The van der Waals surface area contributed by atoms with Crippen LogP contribution in [0.5, 0.6) is 11.5 Å². The van der Waals surface area contributed by atoms with Crippen LogP contribution in [0.3, 0.4) is 0 Å². The summed E-state index contributed by atoms with van der Waals surface area (Å²) in [5.74, 6) is 0.503. The molecule has 0 bridgehead atoms. The molecule has 0 unspecified atom stereocenters. The second kappa shape index (κ2) is 7.33. The molecule has 1 N–H and O–H groups in total. The van der Waals surface area contributed by atoms with Crippen LogP contribution in [0.15, 0.2) is 48.5 Å². The average Bonchev–Trinajstić information content (AvgIpc) is 2.55. The van der Waals surface area contributed by atoms with Crippen molar-refractivity contribution in [2.45, 2.75) is 0 Å². The highest BCUT2D eigenvalue weighted by Gasteiger charge is 2.16. The molecule has 0 saturated carbocycles. The minimum absolute atomic E-state index is 0.129. The Morgan fingerprint density at radius 2 is 1.50 bits per heavy atom. The van der Waals surface area contributed by atoms with Crippen molar-refractivity contribution in [2.75, 3.05) is 26.5 Å². The van der Waals surface area contributed by atoms with E-state index in [4.69, 9.17) is 8.92 Å². The number of hydrogen-bond donors (Lipinski definition) is 1. The van der Waals surface area contributed by atoms with Gasteiger partial charge in [-0.2, -0.15) is 12.7 Å². The van der Waals surface area contributed by atoms with Crippen molar-refractivity contribution in [1.29, 1.82) is 0 Å². The average molecular weight is 350 g/mol. The van der Waals surface area contributed by atoms with Crippen molar-refractivity contribution < 1.29 is 22.1 Å². The molecule has 24 heavy (non-hydrogen) atoms. The lowest BCUT2D eigenvalue weighted by Crippen LogP contribution is -2.27. The molecule has 2 rings (SSSR count). The highest BCUT2D eigenvalue weighted by molar-refractivity contribution is 7.84. The molecular weight excluding hydrogens is 332 g/mol. The van der Waals surface area contributed by atoms with Gasteiger partial charge in [-0.25, -0.2) is 0 Å². The largest absolute Gasteiger partial charge is 0.497 e. The summed E-state index contributed by atoms with van der Waals surface area (Å²) in [5.41, 5.74) is 0.997. The third-order valence-electron chi connectivity index (χ3n) is 3.11. The molecule has 0 heterocycles. The van der Waals surface area contributed by atoms with E-state index in [2.05, 4.69) is 5.32 Å². The topological polar surface area (TPSA) is 84.9 Å². The van der Waals surface area contributed by atoms with Crippen molar-refractivity contribution in [3.8, 4) is 11.5 Å². The molecule has 0 spiro atoms. The van der Waals surface area contributed by atoms with Crippen LogP contribution < -0.4 is 14.2 Å². The Hall–Kier alpha value is -2.58. The number of hydrogen-bond acceptors (Lipinski definition) is 5. The van der Waals surface area contributed by atoms with Crippen molar-refractivity contribution in [3.05, 3.63) is 54.1 Å². The molecule has 0 saturated heterocycles. The number of carbonyl (C=O) groups excluding carboxylic acids is 1. The molecule has 128 valence electrons. The third-order valence-corrected chi connectivity index (χ3v) is 4.41. The zero-order valence-electron chi connectivity index (χ0n) is 13.5. The number of amides is 1. The summed E-state index contributed by atoms with van der Waals surface area (Å²) in [6.45, 7) is 0. The van der Waals surface area contributed by atoms with E-state index in [1.165, 1.54) is 38.4 Å². The predicted molar refractivity (Wildman–Crippen MR) is 90.6 cm³/mol. The van der Waals surface area contributed by atoms with E-state index in [0.717, 1.165) is 4.31 Å². The number of anilines is 1. The fraction of sp³-hybridized carbons (Fsp3) is 0.188. The monoisotopic (exact) mass is 350 g/mol. The second-order valence-corrected chi connectivity index (χ2v) is 6.78. The first-order valence-electron chi connectivity index (χ1n) is 6.99. The lowest BCUT2D eigenvalue weighted by molar-refractivity contribution is 0.102. The number of methoxy groups -OCH3 is 1. The van der Waals surface area contributed by atoms with Gasteiger partial charge in [-0.15, -0.1) is 0 Å². The summed E-state index contributed by atoms with van der Waals surface area (Å²) < 4.78 is 34.2. The van der Waals surface area contributed by atoms with Crippen LogP contribution in [0, 0.1) is 0 Å². The molecule has 0 aliphatic carbocycles. The maximum Gasteiger partial charge on any atom is 0.384 e. The molecule has 0 aromatic heterocycles. The molecule has 0 aliphatic heterocycles. The van der Waals surface area contributed by atoms with Crippen LogP contribution in [0.25, 0.3) is 0 Å². The maximum atomic E-state index is 12.2. The molecule has 8 heteroatoms. The summed E-state index contributed by atoms with van der Waals surface area (Å²) in [7, 11) is 0.479. The van der Waals surface area contributed by atoms with Gasteiger partial charge in [0, 0.05) is 25.3 Å². The van der Waals surface area contributed by atoms with Crippen LogP contribution >= 0.6 is 0 Å². The smallest absolute Gasteiger partial charge is 0.384 e. The molecule has 2 aromatic rings. The van der Waals surface area contributed by atoms with E-state index in [1.807, 2.05) is 0 Å². The highest BCUT2D eigenvalue weighted by atomic mass is 32.2. The molecule has 0 radical (unpaired) electrons. The van der Waals surface area contributed by atoms with Gasteiger partial charge in [0.25, 0.3) is 5.91 Å². The fourth-order valence-corrected chi connectivity index (χ4v) is 2.24. The van der Waals surface area contributed by atoms with Gasteiger partial charge in [-0.3, -0.25) is 4.79 Å². The van der Waals surface area contributed by atoms with E-state index in [1.54, 1.807) is 31.4 Å². The van der Waals surface area contributed by atoms with Gasteiger partial charge in [0.05, 0.1) is 7.11 Å². The number of rotatable bonds is 6. The number of benzene rings is 2. The zero-order valence-corrected chi connectivity index (χ0v) is 14.3. The Balaban J connectivity index is 2.05. The molecule has 0 aliphatic rings. The Labute approximate surface area is 141 Å². The van der Waals surface area contributed by atoms with E-state index in [9.17, 15) is 13.2 Å². The van der Waals surface area contributed by atoms with Gasteiger partial charge in [0.1, 0.15) is 11.5 Å². The van der Waals surface area contributed by atoms with Gasteiger partial charge in [-0.1, -0.05) is 0 Å². The summed E-state index contributed by atoms with van der Waals surface area (Å²) >= 11 is 0. The minimum atomic E-state index is -3.82. The number of nitrogens with zero attached hydrogens (tertiary/aromatic N) is 1. The van der Waals surface area contributed by atoms with E-state index in [-0.39, 0.29) is 11.7 Å². The van der Waals surface area contributed by atoms with Crippen LogP contribution in [0.1, 0.15) is 10.4 Å². The molecule has 7 nitrogen and oxygen atoms in total. The van der Waals surface area contributed by atoms with Crippen molar-refractivity contribution in [1.82, 2.24) is 4.31 Å². The first kappa shape index (κ1) is 17.8. The van der Waals surface area contributed by atoms with Crippen LogP contribution in [0.2, 0.25) is 0 Å². The number of carbonyl (C=O) groups is 1. The van der Waals surface area contributed by atoms with Gasteiger partial charge in [-0.05, 0) is 48.5 Å². The lowest BCUT2D eigenvalue weighted by atomic mass is 10.2. The first-order chi connectivity index (χ1) is 11.3. The molecule has 2 aromatic carbocycles. The quantitative estimate of drug-likeness (QED) is 0.863. The highest BCUT2D eigenvalue weighted by Crippen LogP contribution is 2.18. The van der Waals surface area contributed by atoms with Gasteiger partial charge in [0.15, 0.2) is 0 Å². The molecule has 0 fully saturated rings. The summed E-state index contributed by atoms with van der Waals surface area (Å²) in [5, 5.41) is 2.73. The summed E-state index contributed by atoms with van der Waals surface area (Å²) in [6.07, 6.45) is 0. The van der Waals surface area contributed by atoms with E-state index in [0.29, 0.717) is 17.0 Å². The third kappa shape index (κ3) is 4.46. The number of ether oxygens (including phenoxy) is 1. The molecule has 1 amide bonds. The fourth-order valence-electron chi connectivity index (χ4n) is 1.74. The Morgan fingerprint density at radius 3 is 2.00 bits per heavy atom. The summed E-state index contributed by atoms with van der Waals surface area (Å²) in [4.78, 5) is 12.2. The van der Waals surface area contributed by atoms with Crippen LogP contribution in [0.4, 0.5) is 5.69 Å². The normalized spacial score (nSPS) is 11.2. The van der Waals surface area contributed by atoms with Crippen LogP contribution in [-0.2, 0) is 10.3 Å². The second-order valence-electron chi connectivity index (χ2n) is 5.03. The van der Waals surface area contributed by atoms with Crippen LogP contribution in [-0.4, -0.2) is 39.8 Å². The first-order valence-corrected chi connectivity index (χ1v) is 8.36. The predicted octanol–water partition coefficient (Wildman–Crippen LogP) is 2.13. The van der Waals surface area contributed by atoms with Gasteiger partial charge < -0.3 is 14.2 Å². The number of nitrogens with one attached hydrogen (secondary N) is 1. The van der Waals surface area contributed by atoms with E-state index < -0.39 is 10.3 Å². The zero-order chi connectivity index (χ0) is 17.7. The maximum absolute atomic E-state index is 12.2. The lowest BCUT2D eigenvalue weighted by Gasteiger charge is -2.12. The van der Waals surface area contributed by atoms with Gasteiger partial charge >= 0.3 is 10.3 Å². The standard InChI is InChI=1S/C16H18N2O5S/c1-18(2)24(20,21)23-15-8-4-12(5-9-15)16(19)17-13-6-10-14(22-3)11-7-13/h4-11H,1-3H3,(H,17,19). The van der Waals surface area contributed by atoms with E-state index >= 15 is 0 Å². The summed E-state index contributed by atoms with van der Waals surface area (Å²) in [6, 6.07) is 12.7. The minimum Gasteiger partial charge on any atom is -0.497 e. The van der Waals surface area contributed by atoms with Crippen molar-refractivity contribution >= 4 is 21.9 Å². The van der Waals surface area contributed by atoms with Crippen molar-refractivity contribution in [3.63, 3.8) is 0 Å². The SMILES string of the molecule is COc1ccc(NC(=O)c2ccc(OS(=O)(=O)N(C)C)cc2)cc1. The Kier molecular flexibility index (Phi) is 5.42. The molecular formula is C16H18N2O5S. The van der Waals surface area contributed by atoms with Gasteiger partial charge in [0.2, 0.25) is 0 Å². The van der Waals surface area contributed by atoms with Crippen molar-refractivity contribution in [2.24, 2.45) is 0 Å².